The Morgan fingerprint density at radius 1 is 0.594 bits per heavy atom. The van der Waals surface area contributed by atoms with E-state index in [0.717, 1.165) is 0 Å². The summed E-state index contributed by atoms with van der Waals surface area (Å²) in [5.41, 5.74) is 6.13. The lowest BCUT2D eigenvalue weighted by atomic mass is 9.91. The highest BCUT2D eigenvalue weighted by Gasteiger charge is 2.39. The highest BCUT2D eigenvalue weighted by molar-refractivity contribution is 5.98. The first-order chi connectivity index (χ1) is 32.5. The Labute approximate surface area is 403 Å². The molecule has 0 saturated carbocycles. The molecule has 1 aliphatic rings. The number of hydrogen-bond acceptors (Lipinski definition) is 14. The van der Waals surface area contributed by atoms with Crippen LogP contribution in [-0.2, 0) is 43.2 Å². The van der Waals surface area contributed by atoms with Gasteiger partial charge in [-0.1, -0.05) is 85.2 Å². The van der Waals surface area contributed by atoms with Crippen LogP contribution in [0.4, 0.5) is 0 Å². The number of unbranched alkanes of at least 4 members (excludes halogenated alkanes) is 1. The monoisotopic (exact) mass is 977 g/mol. The quantitative estimate of drug-likeness (QED) is 0.0809. The maximum atomic E-state index is 14.3. The molecule has 12 atom stereocenters. The minimum absolute atomic E-state index is 0.0373. The molecular formula is C46H76N10O13. The summed E-state index contributed by atoms with van der Waals surface area (Å²) in [6, 6.07) is -3.77. The molecule has 1 aromatic rings. The fourth-order valence-electron chi connectivity index (χ4n) is 7.32. The Morgan fingerprint density at radius 2 is 1.10 bits per heavy atom. The molecule has 388 valence electrons. The molecule has 1 aliphatic heterocycles. The summed E-state index contributed by atoms with van der Waals surface area (Å²) < 4.78 is 0. The van der Waals surface area contributed by atoms with E-state index >= 15 is 0 Å². The fraction of sp³-hybridized carbons (Fsp3) is 0.674. The minimum Gasteiger partial charge on any atom is -0.394 e. The van der Waals surface area contributed by atoms with Crippen LogP contribution < -0.4 is 53.6 Å². The maximum Gasteiger partial charge on any atom is 0.245 e. The Bertz CT molecular complexity index is 1890. The highest BCUT2D eigenvalue weighted by Crippen LogP contribution is 2.23. The van der Waals surface area contributed by atoms with Gasteiger partial charge in [-0.05, 0) is 62.5 Å². The number of carbonyl (C=O) groups excluding carboxylic acids is 9. The summed E-state index contributed by atoms with van der Waals surface area (Å²) >= 11 is 0. The lowest BCUT2D eigenvalue weighted by Crippen LogP contribution is -2.62. The molecule has 23 nitrogen and oxygen atoms in total. The molecule has 0 aliphatic carbocycles. The van der Waals surface area contributed by atoms with Gasteiger partial charge in [-0.25, -0.2) is 0 Å². The number of rotatable bonds is 14. The third-order valence-electron chi connectivity index (χ3n) is 11.8. The van der Waals surface area contributed by atoms with Gasteiger partial charge >= 0.3 is 0 Å². The average Bonchev–Trinajstić information content (AvgIpc) is 3.31. The molecule has 23 heteroatoms. The summed E-state index contributed by atoms with van der Waals surface area (Å²) in [4.78, 5) is 124. The van der Waals surface area contributed by atoms with Crippen molar-refractivity contribution in [2.45, 2.75) is 148 Å². The van der Waals surface area contributed by atoms with Gasteiger partial charge in [0.15, 0.2) is 0 Å². The molecule has 0 radical (unpaired) electrons. The van der Waals surface area contributed by atoms with Gasteiger partial charge in [-0.2, -0.15) is 0 Å². The SMILES string of the molecule is CC[C@H](C)[C@@H]1NC(=O)[C@@H](CCCCN)NC(=O)[C@H](CC(C)C)NC(=O)[C@H]([C@H](O)C(C)C)NC(=O)[C@@H](C)[C@@H](c2ccccc2)NC(=O)C(CO)NC(=O)[C@H](CO)NC(=O)CNC(=O)[C@H]([C@H](C)O)NC1=O. The second-order valence-corrected chi connectivity index (χ2v) is 18.3. The third-order valence-corrected chi connectivity index (χ3v) is 11.8. The highest BCUT2D eigenvalue weighted by atomic mass is 16.3. The van der Waals surface area contributed by atoms with Gasteiger partial charge in [0.2, 0.25) is 53.2 Å². The maximum absolute atomic E-state index is 14.3. The summed E-state index contributed by atoms with van der Waals surface area (Å²) in [6.07, 6.45) is -1.81. The van der Waals surface area contributed by atoms with Gasteiger partial charge in [-0.3, -0.25) is 43.2 Å². The topological polar surface area (TPSA) is 369 Å². The molecule has 1 heterocycles. The molecule has 69 heavy (non-hydrogen) atoms. The van der Waals surface area contributed by atoms with Gasteiger partial charge in [-0.15, -0.1) is 0 Å². The molecule has 0 spiro atoms. The first-order valence-electron chi connectivity index (χ1n) is 23.5. The number of benzene rings is 1. The zero-order valence-corrected chi connectivity index (χ0v) is 40.9. The predicted octanol–water partition coefficient (Wildman–Crippen LogP) is -3.39. The van der Waals surface area contributed by atoms with Crippen molar-refractivity contribution < 1.29 is 63.6 Å². The predicted molar refractivity (Wildman–Crippen MR) is 252 cm³/mol. The number of nitrogens with one attached hydrogen (secondary N) is 9. The molecule has 2 rings (SSSR count). The molecule has 1 fully saturated rings. The van der Waals surface area contributed by atoms with Crippen molar-refractivity contribution in [3.05, 3.63) is 35.9 Å². The summed E-state index contributed by atoms with van der Waals surface area (Å²) in [6.45, 7) is 10.2. The van der Waals surface area contributed by atoms with Crippen molar-refractivity contribution in [1.29, 1.82) is 0 Å². The molecule has 1 unspecified atom stereocenters. The van der Waals surface area contributed by atoms with E-state index in [0.29, 0.717) is 24.8 Å². The molecule has 0 bridgehead atoms. The zero-order chi connectivity index (χ0) is 52.1. The van der Waals surface area contributed by atoms with E-state index in [4.69, 9.17) is 5.73 Å². The first kappa shape index (κ1) is 59.4. The number of amides is 9. The Morgan fingerprint density at radius 3 is 1.65 bits per heavy atom. The Hall–Kier alpha value is -5.75. The van der Waals surface area contributed by atoms with Crippen LogP contribution in [0.3, 0.4) is 0 Å². The lowest BCUT2D eigenvalue weighted by Gasteiger charge is -2.32. The normalized spacial score (nSPS) is 27.4. The number of hydrogen-bond donors (Lipinski definition) is 14. The molecule has 1 aromatic carbocycles. The Kier molecular flexibility index (Phi) is 25.2. The third kappa shape index (κ3) is 18.6. The van der Waals surface area contributed by atoms with E-state index in [2.05, 4.69) is 47.9 Å². The second kappa shape index (κ2) is 29.3. The van der Waals surface area contributed by atoms with Crippen molar-refractivity contribution in [2.75, 3.05) is 26.3 Å². The average molecular weight is 977 g/mol. The minimum atomic E-state index is -1.72. The molecule has 1 saturated heterocycles. The standard InChI is InChI=1S/C46H76N10O13/c1-9-25(6)34-45(68)55-36(27(8)59)44(67)48-20-33(60)49-31(21-57)42(65)52-32(22-58)43(66)54-35(28-15-11-10-12-16-28)26(7)39(62)56-37(38(61)24(4)5)46(69)51-30(19-23(2)3)41(64)50-29(40(63)53-34)17-13-14-18-47/h10-12,15-16,23-27,29-32,34-38,57-59,61H,9,13-14,17-22,47H2,1-8H3,(H,48,67)(H,49,60)(H,50,64)(H,51,69)(H,52,65)(H,53,63)(H,54,66)(H,55,68)(H,56,62)/t25-,26-,27-,29+,30-,31-,32?,34-,35-,36-,37-,38+/m0/s1. The van der Waals surface area contributed by atoms with Gasteiger partial charge in [0.1, 0.15) is 42.3 Å². The van der Waals surface area contributed by atoms with E-state index in [1.54, 1.807) is 71.9 Å². The van der Waals surface area contributed by atoms with Crippen molar-refractivity contribution in [2.24, 2.45) is 29.4 Å². The van der Waals surface area contributed by atoms with Crippen LogP contribution in [0.25, 0.3) is 0 Å². The first-order valence-corrected chi connectivity index (χ1v) is 23.5. The molecule has 0 aromatic heterocycles. The van der Waals surface area contributed by atoms with Crippen LogP contribution in [0.5, 0.6) is 0 Å². The van der Waals surface area contributed by atoms with Crippen LogP contribution in [0.1, 0.15) is 99.1 Å². The van der Waals surface area contributed by atoms with Gasteiger partial charge in [0.05, 0.1) is 43.9 Å². The van der Waals surface area contributed by atoms with Crippen LogP contribution in [0.2, 0.25) is 0 Å². The van der Waals surface area contributed by atoms with Gasteiger partial charge in [0.25, 0.3) is 0 Å². The van der Waals surface area contributed by atoms with Crippen molar-refractivity contribution in [1.82, 2.24) is 47.9 Å². The van der Waals surface area contributed by atoms with Crippen molar-refractivity contribution in [3.8, 4) is 0 Å². The van der Waals surface area contributed by atoms with E-state index in [9.17, 15) is 63.6 Å². The number of aliphatic hydroxyl groups excluding tert-OH is 4. The van der Waals surface area contributed by atoms with E-state index in [1.807, 2.05) is 0 Å². The van der Waals surface area contributed by atoms with Crippen LogP contribution in [-0.4, -0.2) is 154 Å². The van der Waals surface area contributed by atoms with Crippen LogP contribution in [0.15, 0.2) is 30.3 Å². The molecular weight excluding hydrogens is 901 g/mol. The van der Waals surface area contributed by atoms with E-state index < -0.39 is 151 Å². The fourth-order valence-corrected chi connectivity index (χ4v) is 7.32. The summed E-state index contributed by atoms with van der Waals surface area (Å²) in [5, 5.41) is 64.6. The number of nitrogens with two attached hydrogens (primary N) is 1. The Balaban J connectivity index is 2.76. The summed E-state index contributed by atoms with van der Waals surface area (Å²) in [5.74, 6) is -11.1. The summed E-state index contributed by atoms with van der Waals surface area (Å²) in [7, 11) is 0. The second-order valence-electron chi connectivity index (χ2n) is 18.3. The van der Waals surface area contributed by atoms with E-state index in [-0.39, 0.29) is 25.3 Å². The number of carbonyl (C=O) groups is 9. The lowest BCUT2D eigenvalue weighted by molar-refractivity contribution is -0.138. The zero-order valence-electron chi connectivity index (χ0n) is 40.9. The smallest absolute Gasteiger partial charge is 0.245 e. The van der Waals surface area contributed by atoms with Crippen LogP contribution in [0, 0.1) is 23.7 Å². The van der Waals surface area contributed by atoms with Crippen molar-refractivity contribution in [3.63, 3.8) is 0 Å². The van der Waals surface area contributed by atoms with Gasteiger partial charge < -0.3 is 74.0 Å². The largest absolute Gasteiger partial charge is 0.394 e. The van der Waals surface area contributed by atoms with Crippen molar-refractivity contribution >= 4 is 53.2 Å². The molecule has 15 N–H and O–H groups in total. The van der Waals surface area contributed by atoms with Crippen LogP contribution >= 0.6 is 0 Å². The van der Waals surface area contributed by atoms with Gasteiger partial charge in [0, 0.05) is 0 Å². The molecule has 9 amide bonds. The number of aliphatic hydroxyl groups is 4. The van der Waals surface area contributed by atoms with E-state index in [1.165, 1.54) is 13.8 Å².